The van der Waals surface area contributed by atoms with Crippen molar-refractivity contribution in [2.45, 2.75) is 84.8 Å². The SMILES string of the molecule is CC(C)CC1CN(P(C)(=O)CCC2CN(C(C)C)CC(C)O2)CC(C)O1. The third-order valence-electron chi connectivity index (χ3n) is 5.59. The Bertz CT molecular complexity index is 484. The van der Waals surface area contributed by atoms with E-state index < -0.39 is 7.29 Å². The van der Waals surface area contributed by atoms with Gasteiger partial charge < -0.3 is 14.0 Å². The number of nitrogens with zero attached hydrogens (tertiary/aromatic N) is 2. The van der Waals surface area contributed by atoms with Crippen molar-refractivity contribution < 1.29 is 14.0 Å². The fourth-order valence-electron chi connectivity index (χ4n) is 4.21. The molecule has 0 saturated carbocycles. The fraction of sp³-hybridized carbons (Fsp3) is 1.00. The van der Waals surface area contributed by atoms with Gasteiger partial charge in [0.15, 0.2) is 0 Å². The number of morpholine rings is 2. The summed E-state index contributed by atoms with van der Waals surface area (Å²) in [5, 5.41) is 0. The van der Waals surface area contributed by atoms with Crippen molar-refractivity contribution in [1.29, 1.82) is 0 Å². The van der Waals surface area contributed by atoms with Crippen LogP contribution in [0, 0.1) is 5.92 Å². The zero-order chi connectivity index (χ0) is 19.5. The molecule has 0 aromatic rings. The van der Waals surface area contributed by atoms with E-state index in [9.17, 15) is 4.57 Å². The fourth-order valence-corrected chi connectivity index (χ4v) is 6.36. The molecule has 0 amide bonds. The van der Waals surface area contributed by atoms with E-state index in [1.54, 1.807) is 0 Å². The van der Waals surface area contributed by atoms with Gasteiger partial charge in [-0.2, -0.15) is 0 Å². The molecule has 5 unspecified atom stereocenters. The van der Waals surface area contributed by atoms with Gasteiger partial charge in [0.1, 0.15) is 7.29 Å². The number of ether oxygens (including phenoxy) is 2. The molecule has 2 heterocycles. The van der Waals surface area contributed by atoms with Crippen LogP contribution in [0.2, 0.25) is 0 Å². The van der Waals surface area contributed by atoms with Crippen molar-refractivity contribution in [3.8, 4) is 0 Å². The van der Waals surface area contributed by atoms with Crippen molar-refractivity contribution in [2.24, 2.45) is 5.92 Å². The van der Waals surface area contributed by atoms with Crippen molar-refractivity contribution in [3.63, 3.8) is 0 Å². The first-order valence-electron chi connectivity index (χ1n) is 10.4. The van der Waals surface area contributed by atoms with E-state index in [2.05, 4.69) is 51.1 Å². The van der Waals surface area contributed by atoms with E-state index in [4.69, 9.17) is 9.47 Å². The van der Waals surface area contributed by atoms with Crippen LogP contribution in [0.3, 0.4) is 0 Å². The Morgan fingerprint density at radius 3 is 2.19 bits per heavy atom. The lowest BCUT2D eigenvalue weighted by Gasteiger charge is -2.42. The van der Waals surface area contributed by atoms with Crippen LogP contribution in [-0.2, 0) is 14.0 Å². The molecule has 0 N–H and O–H groups in total. The van der Waals surface area contributed by atoms with Gasteiger partial charge in [0, 0.05) is 45.0 Å². The monoisotopic (exact) mass is 388 g/mol. The summed E-state index contributed by atoms with van der Waals surface area (Å²) < 4.78 is 27.9. The molecule has 0 aliphatic carbocycles. The number of rotatable bonds is 7. The van der Waals surface area contributed by atoms with Crippen LogP contribution in [0.5, 0.6) is 0 Å². The molecule has 5 nitrogen and oxygen atoms in total. The lowest BCUT2D eigenvalue weighted by atomic mass is 10.0. The van der Waals surface area contributed by atoms with Crippen LogP contribution >= 0.6 is 7.29 Å². The summed E-state index contributed by atoms with van der Waals surface area (Å²) in [7, 11) is -2.36. The molecule has 5 atom stereocenters. The third-order valence-corrected chi connectivity index (χ3v) is 8.20. The minimum Gasteiger partial charge on any atom is -0.373 e. The van der Waals surface area contributed by atoms with E-state index in [1.807, 2.05) is 6.66 Å². The molecule has 0 radical (unpaired) electrons. The molecular formula is C20H41N2O3P. The normalized spacial score (nSPS) is 34.3. The van der Waals surface area contributed by atoms with Crippen LogP contribution in [-0.4, -0.2) is 79.0 Å². The molecule has 154 valence electrons. The summed E-state index contributed by atoms with van der Waals surface area (Å²) in [5.41, 5.74) is 0. The topological polar surface area (TPSA) is 42.0 Å². The Morgan fingerprint density at radius 1 is 0.962 bits per heavy atom. The summed E-state index contributed by atoms with van der Waals surface area (Å²) in [6.45, 7) is 18.7. The summed E-state index contributed by atoms with van der Waals surface area (Å²) in [5.74, 6) is 0.600. The second-order valence-corrected chi connectivity index (χ2v) is 12.4. The van der Waals surface area contributed by atoms with Gasteiger partial charge in [0.25, 0.3) is 0 Å². The molecule has 2 rings (SSSR count). The van der Waals surface area contributed by atoms with E-state index in [0.29, 0.717) is 12.0 Å². The van der Waals surface area contributed by atoms with Crippen molar-refractivity contribution in [1.82, 2.24) is 9.57 Å². The van der Waals surface area contributed by atoms with Crippen LogP contribution in [0.15, 0.2) is 0 Å². The highest BCUT2D eigenvalue weighted by atomic mass is 31.2. The molecule has 2 fully saturated rings. The Morgan fingerprint density at radius 2 is 1.58 bits per heavy atom. The average molecular weight is 389 g/mol. The van der Waals surface area contributed by atoms with E-state index in [-0.39, 0.29) is 24.4 Å². The maximum Gasteiger partial charge on any atom is 0.147 e. The highest BCUT2D eigenvalue weighted by molar-refractivity contribution is 7.60. The standard InChI is InChI=1S/C20H41N2O3P/c1-15(2)10-20-14-22(12-18(6)25-20)26(7,23)9-8-19-13-21(16(3)4)11-17(5)24-19/h15-20H,8-14H2,1-7H3. The Hall–Kier alpha value is 0.0700. The second-order valence-electron chi connectivity index (χ2n) is 9.25. The Balaban J connectivity index is 1.91. The predicted molar refractivity (Wildman–Crippen MR) is 109 cm³/mol. The van der Waals surface area contributed by atoms with Crippen molar-refractivity contribution in [2.75, 3.05) is 39.0 Å². The molecule has 6 heteroatoms. The van der Waals surface area contributed by atoms with Gasteiger partial charge in [-0.15, -0.1) is 0 Å². The van der Waals surface area contributed by atoms with Crippen LogP contribution in [0.1, 0.15) is 54.4 Å². The molecule has 2 aliphatic rings. The summed E-state index contributed by atoms with van der Waals surface area (Å²) in [6, 6.07) is 0.536. The van der Waals surface area contributed by atoms with Gasteiger partial charge in [-0.05, 0) is 46.5 Å². The lowest BCUT2D eigenvalue weighted by molar-refractivity contribution is -0.0857. The highest BCUT2D eigenvalue weighted by Gasteiger charge is 2.35. The minimum absolute atomic E-state index is 0.156. The molecule has 2 saturated heterocycles. The molecule has 0 aromatic heterocycles. The second kappa shape index (κ2) is 9.52. The molecular weight excluding hydrogens is 347 g/mol. The molecule has 0 bridgehead atoms. The van der Waals surface area contributed by atoms with Gasteiger partial charge in [-0.25, -0.2) is 4.67 Å². The summed E-state index contributed by atoms with van der Waals surface area (Å²) in [4.78, 5) is 2.48. The van der Waals surface area contributed by atoms with Crippen molar-refractivity contribution in [3.05, 3.63) is 0 Å². The largest absolute Gasteiger partial charge is 0.373 e. The third kappa shape index (κ3) is 6.60. The van der Waals surface area contributed by atoms with E-state index in [1.165, 1.54) is 0 Å². The zero-order valence-electron chi connectivity index (χ0n) is 18.0. The predicted octanol–water partition coefficient (Wildman–Crippen LogP) is 3.92. The van der Waals surface area contributed by atoms with Gasteiger partial charge >= 0.3 is 0 Å². The zero-order valence-corrected chi connectivity index (χ0v) is 18.9. The van der Waals surface area contributed by atoms with Gasteiger partial charge in [-0.1, -0.05) is 13.8 Å². The Labute approximate surface area is 161 Å². The molecule has 0 aromatic carbocycles. The van der Waals surface area contributed by atoms with Gasteiger partial charge in [0.05, 0.1) is 24.4 Å². The summed E-state index contributed by atoms with van der Waals surface area (Å²) >= 11 is 0. The van der Waals surface area contributed by atoms with E-state index >= 15 is 0 Å². The minimum atomic E-state index is -2.36. The van der Waals surface area contributed by atoms with Crippen LogP contribution in [0.4, 0.5) is 0 Å². The first-order valence-corrected chi connectivity index (χ1v) is 12.7. The number of hydrogen-bond acceptors (Lipinski definition) is 4. The first kappa shape index (κ1) is 22.4. The average Bonchev–Trinajstić information content (AvgIpc) is 2.51. The molecule has 0 spiro atoms. The quantitative estimate of drug-likeness (QED) is 0.619. The maximum absolute atomic E-state index is 13.5. The first-order chi connectivity index (χ1) is 12.1. The molecule has 26 heavy (non-hydrogen) atoms. The lowest BCUT2D eigenvalue weighted by Crippen LogP contribution is -2.49. The van der Waals surface area contributed by atoms with Crippen LogP contribution < -0.4 is 0 Å². The van der Waals surface area contributed by atoms with Crippen molar-refractivity contribution >= 4 is 7.29 Å². The maximum atomic E-state index is 13.5. The summed E-state index contributed by atoms with van der Waals surface area (Å²) in [6.07, 6.45) is 3.45. The van der Waals surface area contributed by atoms with Gasteiger partial charge in [-0.3, -0.25) is 4.90 Å². The van der Waals surface area contributed by atoms with E-state index in [0.717, 1.165) is 45.2 Å². The highest BCUT2D eigenvalue weighted by Crippen LogP contribution is 2.48. The molecule has 2 aliphatic heterocycles. The number of hydrogen-bond donors (Lipinski definition) is 0. The smallest absolute Gasteiger partial charge is 0.147 e. The van der Waals surface area contributed by atoms with Gasteiger partial charge in [0.2, 0.25) is 0 Å². The Kier molecular flexibility index (Phi) is 8.18. The van der Waals surface area contributed by atoms with Crippen LogP contribution in [0.25, 0.3) is 0 Å².